The highest BCUT2D eigenvalue weighted by molar-refractivity contribution is 7.99. The fraction of sp³-hybridized carbons (Fsp3) is 0.636. The zero-order chi connectivity index (χ0) is 20.9. The van der Waals surface area contributed by atoms with E-state index >= 15 is 0 Å². The molecule has 30 heavy (non-hydrogen) atoms. The minimum atomic E-state index is 0.419. The summed E-state index contributed by atoms with van der Waals surface area (Å²) in [5, 5.41) is 5.04. The molecule has 0 N–H and O–H groups in total. The molecule has 0 spiro atoms. The third-order valence-corrected chi connectivity index (χ3v) is 7.56. The van der Waals surface area contributed by atoms with Crippen LogP contribution in [-0.2, 0) is 6.67 Å². The number of aromatic nitrogens is 3. The lowest BCUT2D eigenvalue weighted by Gasteiger charge is -2.24. The van der Waals surface area contributed by atoms with Gasteiger partial charge in [-0.2, -0.15) is 16.9 Å². The van der Waals surface area contributed by atoms with Gasteiger partial charge >= 0.3 is 0 Å². The van der Waals surface area contributed by atoms with Crippen LogP contribution in [0.25, 0.3) is 11.4 Å². The summed E-state index contributed by atoms with van der Waals surface area (Å²) < 4.78 is 16.2. The van der Waals surface area contributed by atoms with Crippen molar-refractivity contribution in [2.45, 2.75) is 51.2 Å². The highest BCUT2D eigenvalue weighted by atomic mass is 32.2. The molecule has 2 aromatic rings. The van der Waals surface area contributed by atoms with Crippen LogP contribution in [0.2, 0.25) is 0 Å². The van der Waals surface area contributed by atoms with Gasteiger partial charge in [-0.1, -0.05) is 19.3 Å². The first-order chi connectivity index (χ1) is 14.7. The number of hydrogen-bond donors (Lipinski definition) is 0. The van der Waals surface area contributed by atoms with E-state index in [1.54, 1.807) is 14.2 Å². The summed E-state index contributed by atoms with van der Waals surface area (Å²) in [5.41, 5.74) is 1.02. The second-order valence-electron chi connectivity index (χ2n) is 8.06. The van der Waals surface area contributed by atoms with Crippen molar-refractivity contribution in [3.63, 3.8) is 0 Å². The molecular weight excluding hydrogens is 416 g/mol. The predicted octanol–water partition coefficient (Wildman–Crippen LogP) is 5.00. The van der Waals surface area contributed by atoms with Gasteiger partial charge in [0.25, 0.3) is 0 Å². The monoisotopic (exact) mass is 448 g/mol. The van der Waals surface area contributed by atoms with Gasteiger partial charge in [0.2, 0.25) is 0 Å². The van der Waals surface area contributed by atoms with Crippen LogP contribution in [0.1, 0.15) is 44.6 Å². The average Bonchev–Trinajstić information content (AvgIpc) is 2.94. The second-order valence-corrected chi connectivity index (χ2v) is 9.65. The number of nitrogens with zero attached hydrogens (tertiary/aromatic N) is 4. The summed E-state index contributed by atoms with van der Waals surface area (Å²) in [6, 6.07) is 6.45. The molecule has 1 aromatic heterocycles. The predicted molar refractivity (Wildman–Crippen MR) is 125 cm³/mol. The lowest BCUT2D eigenvalue weighted by molar-refractivity contribution is 0.220. The summed E-state index contributed by atoms with van der Waals surface area (Å²) in [6.07, 6.45) is 7.39. The Labute approximate surface area is 188 Å². The summed E-state index contributed by atoms with van der Waals surface area (Å²) in [7, 11) is 3.33. The number of thioether (sulfide) groups is 1. The molecular formula is C22H32N4O2S2. The van der Waals surface area contributed by atoms with E-state index in [2.05, 4.69) is 15.5 Å². The minimum Gasteiger partial charge on any atom is -0.493 e. The number of methoxy groups -OCH3 is 2. The van der Waals surface area contributed by atoms with Gasteiger partial charge in [0, 0.05) is 30.4 Å². The van der Waals surface area contributed by atoms with Crippen molar-refractivity contribution in [2.75, 3.05) is 38.8 Å². The van der Waals surface area contributed by atoms with E-state index in [4.69, 9.17) is 26.8 Å². The summed E-state index contributed by atoms with van der Waals surface area (Å²) >= 11 is 8.02. The molecule has 2 aliphatic rings. The van der Waals surface area contributed by atoms with Crippen LogP contribution in [0.15, 0.2) is 18.2 Å². The van der Waals surface area contributed by atoms with Crippen LogP contribution >= 0.6 is 24.0 Å². The topological polar surface area (TPSA) is 44.5 Å². The number of hydrogen-bond acceptors (Lipinski definition) is 6. The maximum atomic E-state index is 5.98. The first kappa shape index (κ1) is 21.7. The van der Waals surface area contributed by atoms with E-state index in [-0.39, 0.29) is 0 Å². The second kappa shape index (κ2) is 10.2. The molecule has 1 aromatic carbocycles. The Hall–Kier alpha value is -1.51. The first-order valence-corrected chi connectivity index (χ1v) is 12.5. The zero-order valence-corrected chi connectivity index (χ0v) is 19.6. The largest absolute Gasteiger partial charge is 0.493 e. The molecule has 6 nitrogen and oxygen atoms in total. The van der Waals surface area contributed by atoms with E-state index in [0.29, 0.717) is 6.04 Å². The lowest BCUT2D eigenvalue weighted by atomic mass is 9.95. The Bertz CT molecular complexity index is 897. The van der Waals surface area contributed by atoms with Gasteiger partial charge in [0.1, 0.15) is 0 Å². The number of ether oxygens (including phenoxy) is 2. The van der Waals surface area contributed by atoms with E-state index in [9.17, 15) is 0 Å². The van der Waals surface area contributed by atoms with Crippen molar-refractivity contribution < 1.29 is 9.47 Å². The van der Waals surface area contributed by atoms with E-state index in [0.717, 1.165) is 47.4 Å². The Kier molecular flexibility index (Phi) is 7.38. The number of benzene rings is 1. The first-order valence-electron chi connectivity index (χ1n) is 10.9. The van der Waals surface area contributed by atoms with E-state index in [1.165, 1.54) is 50.0 Å². The van der Waals surface area contributed by atoms with Crippen molar-refractivity contribution in [1.29, 1.82) is 0 Å². The molecule has 0 unspecified atom stereocenters. The molecule has 0 amide bonds. The van der Waals surface area contributed by atoms with Crippen LogP contribution in [0.3, 0.4) is 0 Å². The summed E-state index contributed by atoms with van der Waals surface area (Å²) in [6.45, 7) is 2.96. The molecule has 1 aliphatic carbocycles. The third-order valence-electron chi connectivity index (χ3n) is 6.10. The fourth-order valence-electron chi connectivity index (χ4n) is 4.48. The van der Waals surface area contributed by atoms with Gasteiger partial charge in [-0.05, 0) is 55.4 Å². The van der Waals surface area contributed by atoms with Crippen LogP contribution in [-0.4, -0.2) is 58.1 Å². The van der Waals surface area contributed by atoms with E-state index < -0.39 is 0 Å². The standard InChI is InChI=1S/C22H32N4O2S2/c1-27-19-10-9-17(15-20(19)28-2)21-23-25(16-24-11-6-13-30-14-12-24)22(29)26(21)18-7-4-3-5-8-18/h9-10,15,18H,3-8,11-14,16H2,1-2H3. The maximum absolute atomic E-state index is 5.98. The molecule has 0 bridgehead atoms. The fourth-order valence-corrected chi connectivity index (χ4v) is 5.74. The van der Waals surface area contributed by atoms with Gasteiger partial charge in [0.05, 0.1) is 20.9 Å². The van der Waals surface area contributed by atoms with Gasteiger partial charge in [0.15, 0.2) is 22.1 Å². The number of rotatable bonds is 6. The van der Waals surface area contributed by atoms with Crippen molar-refractivity contribution >= 4 is 24.0 Å². The molecule has 0 radical (unpaired) electrons. The van der Waals surface area contributed by atoms with Crippen molar-refractivity contribution in [2.24, 2.45) is 0 Å². The zero-order valence-electron chi connectivity index (χ0n) is 18.0. The normalized spacial score (nSPS) is 18.9. The SMILES string of the molecule is COc1ccc(-c2nn(CN3CCCSCC3)c(=S)n2C2CCCCC2)cc1OC. The Morgan fingerprint density at radius 3 is 2.60 bits per heavy atom. The molecule has 8 heteroatoms. The van der Waals surface area contributed by atoms with Crippen LogP contribution in [0.4, 0.5) is 0 Å². The van der Waals surface area contributed by atoms with Crippen molar-refractivity contribution in [3.05, 3.63) is 23.0 Å². The molecule has 1 saturated carbocycles. The molecule has 164 valence electrons. The molecule has 1 aliphatic heterocycles. The lowest BCUT2D eigenvalue weighted by Crippen LogP contribution is -2.29. The molecule has 1 saturated heterocycles. The molecule has 4 rings (SSSR count). The summed E-state index contributed by atoms with van der Waals surface area (Å²) in [4.78, 5) is 2.48. The van der Waals surface area contributed by atoms with Crippen LogP contribution in [0, 0.1) is 4.77 Å². The molecule has 2 fully saturated rings. The minimum absolute atomic E-state index is 0.419. The van der Waals surface area contributed by atoms with Crippen molar-refractivity contribution in [3.8, 4) is 22.9 Å². The van der Waals surface area contributed by atoms with Crippen LogP contribution < -0.4 is 9.47 Å². The van der Waals surface area contributed by atoms with Crippen LogP contribution in [0.5, 0.6) is 11.5 Å². The quantitative estimate of drug-likeness (QED) is 0.580. The smallest absolute Gasteiger partial charge is 0.199 e. The Balaban J connectivity index is 1.73. The summed E-state index contributed by atoms with van der Waals surface area (Å²) in [5.74, 6) is 4.81. The average molecular weight is 449 g/mol. The highest BCUT2D eigenvalue weighted by Crippen LogP contribution is 2.36. The van der Waals surface area contributed by atoms with Gasteiger partial charge in [-0.25, -0.2) is 4.68 Å². The molecule has 2 heterocycles. The Morgan fingerprint density at radius 2 is 1.83 bits per heavy atom. The van der Waals surface area contributed by atoms with Gasteiger partial charge in [-0.15, -0.1) is 0 Å². The van der Waals surface area contributed by atoms with Gasteiger partial charge < -0.3 is 9.47 Å². The Morgan fingerprint density at radius 1 is 1.03 bits per heavy atom. The third kappa shape index (κ3) is 4.70. The van der Waals surface area contributed by atoms with E-state index in [1.807, 2.05) is 28.6 Å². The van der Waals surface area contributed by atoms with Gasteiger partial charge in [-0.3, -0.25) is 9.47 Å². The highest BCUT2D eigenvalue weighted by Gasteiger charge is 2.24. The maximum Gasteiger partial charge on any atom is 0.199 e. The van der Waals surface area contributed by atoms with Crippen molar-refractivity contribution in [1.82, 2.24) is 19.2 Å². The molecule has 0 atom stereocenters.